The zero-order chi connectivity index (χ0) is 18.3. The number of rotatable bonds is 4. The number of nitrogens with one attached hydrogen (secondary N) is 1. The van der Waals surface area contributed by atoms with E-state index in [2.05, 4.69) is 10.5 Å². The molecule has 2 rings (SSSR count). The number of pyridine rings is 1. The third kappa shape index (κ3) is 7.82. The van der Waals surface area contributed by atoms with Gasteiger partial charge in [0.05, 0.1) is 0 Å². The van der Waals surface area contributed by atoms with Crippen molar-refractivity contribution in [1.29, 1.82) is 0 Å². The van der Waals surface area contributed by atoms with Gasteiger partial charge < -0.3 is 22.0 Å². The van der Waals surface area contributed by atoms with Crippen molar-refractivity contribution in [3.05, 3.63) is 30.6 Å². The first-order valence-corrected chi connectivity index (χ1v) is 8.57. The molecule has 0 spiro atoms. The van der Waals surface area contributed by atoms with Crippen LogP contribution in [0.4, 0.5) is 4.79 Å². The van der Waals surface area contributed by atoms with Crippen LogP contribution in [0.25, 0.3) is 0 Å². The van der Waals surface area contributed by atoms with Crippen LogP contribution in [0.15, 0.2) is 35.7 Å². The highest BCUT2D eigenvalue weighted by Gasteiger charge is 2.26. The Morgan fingerprint density at radius 1 is 1.23 bits per heavy atom. The molecule has 0 radical (unpaired) electrons. The predicted molar refractivity (Wildman–Crippen MR) is 93.8 cm³/mol. The maximum absolute atomic E-state index is 12.0. The standard InChI is InChI=1S/C18H26N4O3.ClH/c1-18(2,3)25-17(24)22-11-7-15(8-12-22)13-19-20-16(23)14-21-9-5-4-6-10-21;/h4-6,9-10,13,15H,7-8,11-12,14H2,1-3H3;1H/b19-13+;. The molecule has 1 N–H and O–H groups in total. The van der Waals surface area contributed by atoms with Gasteiger partial charge in [0.2, 0.25) is 6.54 Å². The summed E-state index contributed by atoms with van der Waals surface area (Å²) in [7, 11) is 0. The third-order valence-corrected chi connectivity index (χ3v) is 3.77. The summed E-state index contributed by atoms with van der Waals surface area (Å²) < 4.78 is 7.16. The van der Waals surface area contributed by atoms with Crippen molar-refractivity contribution in [2.24, 2.45) is 11.0 Å². The normalized spacial score (nSPS) is 15.4. The molecule has 0 atom stereocenters. The average molecular weight is 383 g/mol. The molecule has 1 aromatic rings. The van der Waals surface area contributed by atoms with E-state index in [4.69, 9.17) is 4.74 Å². The van der Waals surface area contributed by atoms with Crippen LogP contribution in [-0.4, -0.2) is 41.8 Å². The Morgan fingerprint density at radius 2 is 1.85 bits per heavy atom. The van der Waals surface area contributed by atoms with Gasteiger partial charge in [0.1, 0.15) is 5.60 Å². The Morgan fingerprint density at radius 3 is 2.42 bits per heavy atom. The van der Waals surface area contributed by atoms with Crippen LogP contribution in [0.1, 0.15) is 33.6 Å². The Kier molecular flexibility index (Phi) is 8.51. The summed E-state index contributed by atoms with van der Waals surface area (Å²) in [6.07, 6.45) is 6.78. The van der Waals surface area contributed by atoms with Crippen LogP contribution in [0.3, 0.4) is 0 Å². The highest BCUT2D eigenvalue weighted by molar-refractivity contribution is 5.75. The Hall–Kier alpha value is -2.15. The van der Waals surface area contributed by atoms with Gasteiger partial charge in [-0.25, -0.2) is 10.2 Å². The molecule has 144 valence electrons. The number of hydrogen-bond donors (Lipinski definition) is 1. The number of carbonyl (C=O) groups is 2. The van der Waals surface area contributed by atoms with Crippen molar-refractivity contribution in [2.75, 3.05) is 13.1 Å². The topological polar surface area (TPSA) is 74.9 Å². The lowest BCUT2D eigenvalue weighted by molar-refractivity contribution is -0.684. The first kappa shape index (κ1) is 21.9. The number of aromatic nitrogens is 1. The lowest BCUT2D eigenvalue weighted by Crippen LogP contribution is -3.00. The van der Waals surface area contributed by atoms with E-state index < -0.39 is 5.60 Å². The molecule has 1 aliphatic rings. The van der Waals surface area contributed by atoms with Gasteiger partial charge in [-0.15, -0.1) is 0 Å². The Balaban J connectivity index is 0.00000338. The first-order chi connectivity index (χ1) is 11.8. The molecule has 0 bridgehead atoms. The summed E-state index contributed by atoms with van der Waals surface area (Å²) in [6.45, 7) is 7.09. The average Bonchev–Trinajstić information content (AvgIpc) is 2.55. The van der Waals surface area contributed by atoms with Crippen LogP contribution >= 0.6 is 0 Å². The Bertz CT molecular complexity index is 609. The smallest absolute Gasteiger partial charge is 0.410 e. The first-order valence-electron chi connectivity index (χ1n) is 8.57. The molecule has 26 heavy (non-hydrogen) atoms. The number of ether oxygens (including phenoxy) is 1. The molecule has 1 aromatic heterocycles. The number of carbonyl (C=O) groups excluding carboxylic acids is 2. The molecule has 0 saturated carbocycles. The minimum absolute atomic E-state index is 0. The molecule has 0 unspecified atom stereocenters. The molecule has 2 amide bonds. The van der Waals surface area contributed by atoms with Crippen molar-refractivity contribution in [2.45, 2.75) is 45.8 Å². The van der Waals surface area contributed by atoms with Crippen molar-refractivity contribution in [3.63, 3.8) is 0 Å². The molecule has 0 aliphatic carbocycles. The summed E-state index contributed by atoms with van der Waals surface area (Å²) in [5.41, 5.74) is 2.07. The number of nitrogens with zero attached hydrogens (tertiary/aromatic N) is 3. The maximum atomic E-state index is 12.0. The fourth-order valence-corrected chi connectivity index (χ4v) is 2.51. The van der Waals surface area contributed by atoms with E-state index >= 15 is 0 Å². The summed E-state index contributed by atoms with van der Waals surface area (Å²) in [6, 6.07) is 5.64. The van der Waals surface area contributed by atoms with E-state index in [1.54, 1.807) is 15.7 Å². The van der Waals surface area contributed by atoms with Gasteiger partial charge in [-0.1, -0.05) is 6.07 Å². The zero-order valence-corrected chi connectivity index (χ0v) is 16.3. The largest absolute Gasteiger partial charge is 1.00 e. The molecule has 7 nitrogen and oxygen atoms in total. The van der Waals surface area contributed by atoms with Crippen molar-refractivity contribution in [3.8, 4) is 0 Å². The number of hydrogen-bond acceptors (Lipinski definition) is 4. The second-order valence-corrected chi connectivity index (χ2v) is 7.17. The molecule has 1 aliphatic heterocycles. The number of likely N-dealkylation sites (tertiary alicyclic amines) is 1. The summed E-state index contributed by atoms with van der Waals surface area (Å²) in [5.74, 6) is 0.0852. The molecule has 0 aromatic carbocycles. The number of piperidine rings is 1. The zero-order valence-electron chi connectivity index (χ0n) is 15.5. The predicted octanol–water partition coefficient (Wildman–Crippen LogP) is -1.27. The highest BCUT2D eigenvalue weighted by atomic mass is 35.5. The van der Waals surface area contributed by atoms with Gasteiger partial charge >= 0.3 is 12.0 Å². The van der Waals surface area contributed by atoms with Crippen LogP contribution in [0, 0.1) is 5.92 Å². The van der Waals surface area contributed by atoms with Gasteiger partial charge in [0.25, 0.3) is 0 Å². The Labute approximate surface area is 160 Å². The van der Waals surface area contributed by atoms with Gasteiger partial charge in [-0.3, -0.25) is 4.79 Å². The fraction of sp³-hybridized carbons (Fsp3) is 0.556. The molecule has 8 heteroatoms. The number of halogens is 1. The fourth-order valence-electron chi connectivity index (χ4n) is 2.51. The minimum Gasteiger partial charge on any atom is -1.00 e. The van der Waals surface area contributed by atoms with Gasteiger partial charge in [0.15, 0.2) is 12.4 Å². The van der Waals surface area contributed by atoms with Crippen molar-refractivity contribution >= 4 is 18.2 Å². The van der Waals surface area contributed by atoms with Crippen LogP contribution in [0.2, 0.25) is 0 Å². The van der Waals surface area contributed by atoms with Crippen molar-refractivity contribution < 1.29 is 31.3 Å². The van der Waals surface area contributed by atoms with E-state index in [1.807, 2.05) is 51.4 Å². The summed E-state index contributed by atoms with van der Waals surface area (Å²) in [5, 5.41) is 4.05. The molecular formula is C18H27ClN4O3. The van der Waals surface area contributed by atoms with Gasteiger partial charge in [-0.05, 0) is 39.5 Å². The summed E-state index contributed by atoms with van der Waals surface area (Å²) in [4.78, 5) is 25.5. The van der Waals surface area contributed by atoms with Crippen molar-refractivity contribution in [1.82, 2.24) is 10.3 Å². The maximum Gasteiger partial charge on any atom is 0.410 e. The van der Waals surface area contributed by atoms with E-state index in [0.717, 1.165) is 12.8 Å². The SMILES string of the molecule is CC(C)(C)OC(=O)N1CCC(/C=N/NC(=O)C[n+]2ccccc2)CC1.[Cl-]. The van der Waals surface area contributed by atoms with Gasteiger partial charge in [-0.2, -0.15) is 9.67 Å². The second-order valence-electron chi connectivity index (χ2n) is 7.17. The monoisotopic (exact) mass is 382 g/mol. The quantitative estimate of drug-likeness (QED) is 0.401. The second kappa shape index (κ2) is 10.1. The summed E-state index contributed by atoms with van der Waals surface area (Å²) >= 11 is 0. The molecule has 2 heterocycles. The van der Waals surface area contributed by atoms with Crippen LogP contribution in [0.5, 0.6) is 0 Å². The minimum atomic E-state index is -0.476. The van der Waals surface area contributed by atoms with E-state index in [-0.39, 0.29) is 36.9 Å². The third-order valence-electron chi connectivity index (χ3n) is 3.77. The van der Waals surface area contributed by atoms with E-state index in [1.165, 1.54) is 0 Å². The van der Waals surface area contributed by atoms with Crippen LogP contribution < -0.4 is 22.4 Å². The molecular weight excluding hydrogens is 356 g/mol. The lowest BCUT2D eigenvalue weighted by Gasteiger charge is -2.32. The molecule has 1 fully saturated rings. The number of amides is 2. The van der Waals surface area contributed by atoms with E-state index in [0.29, 0.717) is 13.1 Å². The highest BCUT2D eigenvalue weighted by Crippen LogP contribution is 2.18. The lowest BCUT2D eigenvalue weighted by atomic mass is 9.99. The molecule has 1 saturated heterocycles. The van der Waals surface area contributed by atoms with E-state index in [9.17, 15) is 9.59 Å². The number of hydrazone groups is 1. The van der Waals surface area contributed by atoms with Crippen LogP contribution in [-0.2, 0) is 16.1 Å². The van der Waals surface area contributed by atoms with Gasteiger partial charge in [0, 0.05) is 31.4 Å².